The highest BCUT2D eigenvalue weighted by Crippen LogP contribution is 2.25. The number of methoxy groups -OCH3 is 2. The molecule has 7 heteroatoms. The van der Waals surface area contributed by atoms with Crippen LogP contribution in [0.25, 0.3) is 6.08 Å². The normalized spacial score (nSPS) is 10.4. The van der Waals surface area contributed by atoms with Gasteiger partial charge in [-0.25, -0.2) is 4.79 Å². The van der Waals surface area contributed by atoms with Crippen LogP contribution in [0.5, 0.6) is 17.2 Å². The van der Waals surface area contributed by atoms with E-state index < -0.39 is 18.5 Å². The molecule has 0 unspecified atom stereocenters. The molecule has 0 bridgehead atoms. The van der Waals surface area contributed by atoms with Gasteiger partial charge in [-0.2, -0.15) is 0 Å². The van der Waals surface area contributed by atoms with E-state index in [2.05, 4.69) is 5.32 Å². The summed E-state index contributed by atoms with van der Waals surface area (Å²) < 4.78 is 20.8. The van der Waals surface area contributed by atoms with Crippen LogP contribution in [0.15, 0.2) is 48.5 Å². The highest BCUT2D eigenvalue weighted by atomic mass is 16.5. The molecular weight excluding hydrogens is 362 g/mol. The summed E-state index contributed by atoms with van der Waals surface area (Å²) in [4.78, 5) is 23.9. The number of carbonyl (C=O) groups is 2. The highest BCUT2D eigenvalue weighted by Gasteiger charge is 2.09. The van der Waals surface area contributed by atoms with Gasteiger partial charge in [-0.05, 0) is 37.3 Å². The number of anilines is 1. The van der Waals surface area contributed by atoms with Crippen LogP contribution >= 0.6 is 0 Å². The lowest BCUT2D eigenvalue weighted by Crippen LogP contribution is -2.20. The monoisotopic (exact) mass is 385 g/mol. The molecule has 0 spiro atoms. The zero-order valence-electron chi connectivity index (χ0n) is 16.1. The standard InChI is InChI=1S/C21H23NO6/c1-4-27-18-8-6-5-7-17(18)22-20(23)14-28-21(24)12-10-15-9-11-16(25-2)13-19(15)26-3/h5-13H,4,14H2,1-3H3,(H,22,23)/b12-10+. The molecule has 28 heavy (non-hydrogen) atoms. The van der Waals surface area contributed by atoms with Gasteiger partial charge in [0.15, 0.2) is 6.61 Å². The molecule has 2 aromatic carbocycles. The lowest BCUT2D eigenvalue weighted by molar-refractivity contribution is -0.142. The Bertz CT molecular complexity index is 847. The summed E-state index contributed by atoms with van der Waals surface area (Å²) in [7, 11) is 3.08. The Morgan fingerprint density at radius 1 is 1.04 bits per heavy atom. The quantitative estimate of drug-likeness (QED) is 0.527. The molecule has 0 heterocycles. The van der Waals surface area contributed by atoms with E-state index in [0.717, 1.165) is 0 Å². The first-order chi connectivity index (χ1) is 13.6. The first-order valence-corrected chi connectivity index (χ1v) is 8.66. The maximum atomic E-state index is 12.0. The van der Waals surface area contributed by atoms with Crippen molar-refractivity contribution in [3.63, 3.8) is 0 Å². The molecule has 2 aromatic rings. The SMILES string of the molecule is CCOc1ccccc1NC(=O)COC(=O)/C=C/c1ccc(OC)cc1OC. The summed E-state index contributed by atoms with van der Waals surface area (Å²) in [6.07, 6.45) is 2.77. The van der Waals surface area contributed by atoms with Crippen molar-refractivity contribution < 1.29 is 28.5 Å². The highest BCUT2D eigenvalue weighted by molar-refractivity contribution is 5.95. The van der Waals surface area contributed by atoms with Gasteiger partial charge in [0, 0.05) is 17.7 Å². The summed E-state index contributed by atoms with van der Waals surface area (Å²) >= 11 is 0. The van der Waals surface area contributed by atoms with E-state index in [9.17, 15) is 9.59 Å². The summed E-state index contributed by atoms with van der Waals surface area (Å²) in [6.45, 7) is 1.91. The van der Waals surface area contributed by atoms with Gasteiger partial charge in [0.1, 0.15) is 17.2 Å². The van der Waals surface area contributed by atoms with Gasteiger partial charge in [0.05, 0.1) is 26.5 Å². The lowest BCUT2D eigenvalue weighted by Gasteiger charge is -2.11. The fourth-order valence-electron chi connectivity index (χ4n) is 2.34. The zero-order chi connectivity index (χ0) is 20.4. The summed E-state index contributed by atoms with van der Waals surface area (Å²) in [5.41, 5.74) is 1.19. The lowest BCUT2D eigenvalue weighted by atomic mass is 10.2. The molecule has 0 aliphatic rings. The Hall–Kier alpha value is -3.48. The molecule has 0 fully saturated rings. The van der Waals surface area contributed by atoms with E-state index in [-0.39, 0.29) is 0 Å². The summed E-state index contributed by atoms with van der Waals surface area (Å²) in [5, 5.41) is 2.66. The van der Waals surface area contributed by atoms with Crippen LogP contribution in [0, 0.1) is 0 Å². The Morgan fingerprint density at radius 3 is 2.54 bits per heavy atom. The average molecular weight is 385 g/mol. The van der Waals surface area contributed by atoms with Crippen LogP contribution in [0.2, 0.25) is 0 Å². The van der Waals surface area contributed by atoms with Crippen LogP contribution in [-0.4, -0.2) is 39.3 Å². The number of benzene rings is 2. The number of rotatable bonds is 9. The topological polar surface area (TPSA) is 83.1 Å². The third kappa shape index (κ3) is 6.05. The predicted molar refractivity (Wildman–Crippen MR) is 106 cm³/mol. The van der Waals surface area contributed by atoms with Gasteiger partial charge in [0.25, 0.3) is 5.91 Å². The predicted octanol–water partition coefficient (Wildman–Crippen LogP) is 3.30. The van der Waals surface area contributed by atoms with E-state index in [0.29, 0.717) is 35.1 Å². The number of hydrogen-bond acceptors (Lipinski definition) is 6. The van der Waals surface area contributed by atoms with Crippen LogP contribution in [0.3, 0.4) is 0 Å². The molecule has 1 N–H and O–H groups in total. The van der Waals surface area contributed by atoms with E-state index in [1.165, 1.54) is 13.2 Å². The van der Waals surface area contributed by atoms with Crippen LogP contribution in [0.1, 0.15) is 12.5 Å². The van der Waals surface area contributed by atoms with Gasteiger partial charge < -0.3 is 24.3 Å². The minimum absolute atomic E-state index is 0.413. The number of para-hydroxylation sites is 2. The van der Waals surface area contributed by atoms with Crippen molar-refractivity contribution in [3.8, 4) is 17.2 Å². The van der Waals surface area contributed by atoms with Crippen LogP contribution < -0.4 is 19.5 Å². The molecule has 0 aliphatic heterocycles. The van der Waals surface area contributed by atoms with Crippen molar-refractivity contribution in [2.75, 3.05) is 32.8 Å². The number of nitrogens with one attached hydrogen (secondary N) is 1. The largest absolute Gasteiger partial charge is 0.497 e. The molecule has 1 amide bonds. The third-order valence-corrected chi connectivity index (χ3v) is 3.65. The Balaban J connectivity index is 1.90. The van der Waals surface area contributed by atoms with Crippen molar-refractivity contribution in [1.29, 1.82) is 0 Å². The molecule has 0 saturated heterocycles. The first-order valence-electron chi connectivity index (χ1n) is 8.66. The Kier molecular flexibility index (Phi) is 7.90. The molecule has 148 valence electrons. The molecule has 2 rings (SSSR count). The maximum Gasteiger partial charge on any atom is 0.331 e. The van der Waals surface area contributed by atoms with Crippen LogP contribution in [-0.2, 0) is 14.3 Å². The number of ether oxygens (including phenoxy) is 4. The number of hydrogen-bond donors (Lipinski definition) is 1. The minimum Gasteiger partial charge on any atom is -0.497 e. The third-order valence-electron chi connectivity index (χ3n) is 3.65. The molecular formula is C21H23NO6. The van der Waals surface area contributed by atoms with E-state index in [1.807, 2.05) is 6.92 Å². The van der Waals surface area contributed by atoms with Gasteiger partial charge in [0.2, 0.25) is 0 Å². The summed E-state index contributed by atoms with van der Waals surface area (Å²) in [6, 6.07) is 12.2. The smallest absolute Gasteiger partial charge is 0.331 e. The van der Waals surface area contributed by atoms with Crippen molar-refractivity contribution in [2.24, 2.45) is 0 Å². The van der Waals surface area contributed by atoms with Crippen molar-refractivity contribution in [1.82, 2.24) is 0 Å². The second-order valence-electron chi connectivity index (χ2n) is 5.53. The Labute approximate surface area is 163 Å². The second kappa shape index (κ2) is 10.6. The van der Waals surface area contributed by atoms with E-state index >= 15 is 0 Å². The maximum absolute atomic E-state index is 12.0. The fraction of sp³-hybridized carbons (Fsp3) is 0.238. The molecule has 7 nitrogen and oxygen atoms in total. The number of amides is 1. The molecule has 0 radical (unpaired) electrons. The Morgan fingerprint density at radius 2 is 1.82 bits per heavy atom. The van der Waals surface area contributed by atoms with Crippen molar-refractivity contribution in [2.45, 2.75) is 6.92 Å². The second-order valence-corrected chi connectivity index (χ2v) is 5.53. The van der Waals surface area contributed by atoms with E-state index in [4.69, 9.17) is 18.9 Å². The van der Waals surface area contributed by atoms with Gasteiger partial charge in [-0.3, -0.25) is 4.79 Å². The summed E-state index contributed by atoms with van der Waals surface area (Å²) in [5.74, 6) is 0.632. The molecule has 0 aliphatic carbocycles. The minimum atomic E-state index is -0.647. The van der Waals surface area contributed by atoms with Crippen molar-refractivity contribution >= 4 is 23.6 Å². The fourth-order valence-corrected chi connectivity index (χ4v) is 2.34. The average Bonchev–Trinajstić information content (AvgIpc) is 2.72. The van der Waals surface area contributed by atoms with Gasteiger partial charge in [-0.1, -0.05) is 12.1 Å². The van der Waals surface area contributed by atoms with Crippen LogP contribution in [0.4, 0.5) is 5.69 Å². The number of carbonyl (C=O) groups excluding carboxylic acids is 2. The van der Waals surface area contributed by atoms with Gasteiger partial charge in [-0.15, -0.1) is 0 Å². The van der Waals surface area contributed by atoms with Crippen molar-refractivity contribution in [3.05, 3.63) is 54.1 Å². The van der Waals surface area contributed by atoms with E-state index in [1.54, 1.807) is 55.7 Å². The molecule has 0 aromatic heterocycles. The van der Waals surface area contributed by atoms with Gasteiger partial charge >= 0.3 is 5.97 Å². The first kappa shape index (κ1) is 20.8. The zero-order valence-corrected chi connectivity index (χ0v) is 16.1. The number of esters is 1. The molecule has 0 atom stereocenters. The molecule has 0 saturated carbocycles.